The molecular formula is C12H13FN2O5S. The normalized spacial score (nSPS) is 20.1. The van der Waals surface area contributed by atoms with Gasteiger partial charge in [-0.3, -0.25) is 9.59 Å². The molecule has 0 aromatic heterocycles. The Morgan fingerprint density at radius 1 is 1.48 bits per heavy atom. The minimum atomic E-state index is -4.43. The van der Waals surface area contributed by atoms with Gasteiger partial charge < -0.3 is 10.4 Å². The second kappa shape index (κ2) is 5.41. The molecule has 1 amide bonds. The molecule has 9 heteroatoms. The molecule has 1 saturated heterocycles. The van der Waals surface area contributed by atoms with Gasteiger partial charge in [0.15, 0.2) is 0 Å². The van der Waals surface area contributed by atoms with Gasteiger partial charge >= 0.3 is 5.97 Å². The molecule has 1 fully saturated rings. The van der Waals surface area contributed by atoms with Crippen molar-refractivity contribution < 1.29 is 27.5 Å². The van der Waals surface area contributed by atoms with Crippen LogP contribution in [-0.4, -0.2) is 48.8 Å². The first-order chi connectivity index (χ1) is 9.73. The van der Waals surface area contributed by atoms with Crippen LogP contribution in [0.3, 0.4) is 0 Å². The number of benzene rings is 1. The zero-order valence-electron chi connectivity index (χ0n) is 11.0. The maximum absolute atomic E-state index is 13.8. The molecule has 1 aliphatic rings. The molecule has 21 heavy (non-hydrogen) atoms. The summed E-state index contributed by atoms with van der Waals surface area (Å²) >= 11 is 0. The molecule has 1 aliphatic heterocycles. The maximum Gasteiger partial charge on any atom is 0.323 e. The summed E-state index contributed by atoms with van der Waals surface area (Å²) in [6.07, 6.45) is 0. The zero-order valence-corrected chi connectivity index (χ0v) is 11.9. The Bertz CT molecular complexity index is 704. The number of rotatable bonds is 3. The smallest absolute Gasteiger partial charge is 0.323 e. The van der Waals surface area contributed by atoms with Crippen LogP contribution in [0.25, 0.3) is 0 Å². The number of aliphatic carboxylic acids is 1. The van der Waals surface area contributed by atoms with Crippen molar-refractivity contribution in [2.45, 2.75) is 17.9 Å². The molecule has 1 atom stereocenters. The Labute approximate surface area is 120 Å². The van der Waals surface area contributed by atoms with Gasteiger partial charge in [-0.1, -0.05) is 6.07 Å². The minimum absolute atomic E-state index is 0.360. The molecule has 1 unspecified atom stereocenters. The lowest BCUT2D eigenvalue weighted by molar-refractivity contribution is -0.143. The molecule has 114 valence electrons. The fourth-order valence-corrected chi connectivity index (χ4v) is 3.71. The van der Waals surface area contributed by atoms with Crippen molar-refractivity contribution in [3.63, 3.8) is 0 Å². The monoisotopic (exact) mass is 316 g/mol. The van der Waals surface area contributed by atoms with Gasteiger partial charge in [-0.05, 0) is 24.6 Å². The Morgan fingerprint density at radius 2 is 2.14 bits per heavy atom. The van der Waals surface area contributed by atoms with Gasteiger partial charge in [0, 0.05) is 6.54 Å². The summed E-state index contributed by atoms with van der Waals surface area (Å²) in [6, 6.07) is 2.02. The van der Waals surface area contributed by atoms with E-state index >= 15 is 0 Å². The van der Waals surface area contributed by atoms with E-state index in [1.54, 1.807) is 6.92 Å². The molecule has 0 saturated carbocycles. The highest BCUT2D eigenvalue weighted by Crippen LogP contribution is 2.23. The SMILES string of the molecule is Cc1ccc(F)c(S(=O)(=O)N2CC(=O)NCC2C(=O)O)c1. The van der Waals surface area contributed by atoms with Gasteiger partial charge in [-0.2, -0.15) is 4.31 Å². The number of nitrogens with zero attached hydrogens (tertiary/aromatic N) is 1. The van der Waals surface area contributed by atoms with E-state index in [4.69, 9.17) is 5.11 Å². The summed E-state index contributed by atoms with van der Waals surface area (Å²) in [5.41, 5.74) is 0.503. The topological polar surface area (TPSA) is 104 Å². The van der Waals surface area contributed by atoms with E-state index in [0.717, 1.165) is 12.1 Å². The van der Waals surface area contributed by atoms with Crippen LogP contribution in [0.2, 0.25) is 0 Å². The highest BCUT2D eigenvalue weighted by Gasteiger charge is 2.41. The molecule has 2 N–H and O–H groups in total. The first-order valence-corrected chi connectivity index (χ1v) is 7.45. The van der Waals surface area contributed by atoms with Crippen LogP contribution in [0.4, 0.5) is 4.39 Å². The van der Waals surface area contributed by atoms with Crippen LogP contribution in [0.5, 0.6) is 0 Å². The van der Waals surface area contributed by atoms with Gasteiger partial charge in [0.05, 0.1) is 6.54 Å². The predicted molar refractivity (Wildman–Crippen MR) is 69.5 cm³/mol. The molecule has 1 aromatic carbocycles. The standard InChI is InChI=1S/C12H13FN2O5S/c1-7-2-3-8(13)10(4-7)21(19,20)15-6-11(16)14-5-9(15)12(17)18/h2-4,9H,5-6H2,1H3,(H,14,16)(H,17,18). The van der Waals surface area contributed by atoms with Crippen molar-refractivity contribution in [2.75, 3.05) is 13.1 Å². The van der Waals surface area contributed by atoms with Crippen molar-refractivity contribution in [1.82, 2.24) is 9.62 Å². The zero-order chi connectivity index (χ0) is 15.8. The average Bonchev–Trinajstić information content (AvgIpc) is 2.41. The molecule has 2 rings (SSSR count). The first-order valence-electron chi connectivity index (χ1n) is 6.01. The molecule has 0 radical (unpaired) electrons. The number of halogens is 1. The highest BCUT2D eigenvalue weighted by molar-refractivity contribution is 7.89. The lowest BCUT2D eigenvalue weighted by atomic mass is 10.2. The van der Waals surface area contributed by atoms with E-state index in [0.29, 0.717) is 9.87 Å². The number of hydrogen-bond donors (Lipinski definition) is 2. The van der Waals surface area contributed by atoms with Gasteiger partial charge in [0.2, 0.25) is 15.9 Å². The van der Waals surface area contributed by atoms with Crippen molar-refractivity contribution >= 4 is 21.9 Å². The minimum Gasteiger partial charge on any atom is -0.480 e. The summed E-state index contributed by atoms with van der Waals surface area (Å²) in [5, 5.41) is 11.4. The van der Waals surface area contributed by atoms with Crippen molar-refractivity contribution in [2.24, 2.45) is 0 Å². The lowest BCUT2D eigenvalue weighted by Gasteiger charge is -2.31. The first kappa shape index (κ1) is 15.4. The van der Waals surface area contributed by atoms with Crippen LogP contribution < -0.4 is 5.32 Å². The number of aryl methyl sites for hydroxylation is 1. The maximum atomic E-state index is 13.8. The molecule has 1 heterocycles. The van der Waals surface area contributed by atoms with Gasteiger partial charge in [-0.15, -0.1) is 0 Å². The Morgan fingerprint density at radius 3 is 2.76 bits per heavy atom. The number of carboxylic acid groups (broad SMARTS) is 1. The van der Waals surface area contributed by atoms with Gasteiger partial charge in [0.1, 0.15) is 16.8 Å². The van der Waals surface area contributed by atoms with Crippen LogP contribution in [0, 0.1) is 12.7 Å². The van der Waals surface area contributed by atoms with Crippen LogP contribution in [0.15, 0.2) is 23.1 Å². The van der Waals surface area contributed by atoms with Crippen molar-refractivity contribution in [1.29, 1.82) is 0 Å². The summed E-state index contributed by atoms with van der Waals surface area (Å²) in [6.45, 7) is 0.559. The fourth-order valence-electron chi connectivity index (χ4n) is 2.02. The third kappa shape index (κ3) is 2.88. The third-order valence-electron chi connectivity index (χ3n) is 3.10. The Kier molecular flexibility index (Phi) is 3.97. The molecule has 0 spiro atoms. The quantitative estimate of drug-likeness (QED) is 0.797. The van der Waals surface area contributed by atoms with E-state index in [1.165, 1.54) is 6.07 Å². The number of sulfonamides is 1. The number of carboxylic acids is 1. The molecule has 7 nitrogen and oxygen atoms in total. The summed E-state index contributed by atoms with van der Waals surface area (Å²) in [4.78, 5) is 21.9. The molecular weight excluding hydrogens is 303 g/mol. The van der Waals surface area contributed by atoms with E-state index in [-0.39, 0.29) is 6.54 Å². The molecule has 1 aromatic rings. The Hall–Kier alpha value is -2.00. The van der Waals surface area contributed by atoms with Crippen LogP contribution in [0.1, 0.15) is 5.56 Å². The molecule has 0 aliphatic carbocycles. The van der Waals surface area contributed by atoms with Gasteiger partial charge in [0.25, 0.3) is 0 Å². The van der Waals surface area contributed by atoms with Crippen LogP contribution in [-0.2, 0) is 19.6 Å². The summed E-state index contributed by atoms with van der Waals surface area (Å²) < 4.78 is 39.2. The summed E-state index contributed by atoms with van der Waals surface area (Å²) in [7, 11) is -4.43. The van der Waals surface area contributed by atoms with Crippen LogP contribution >= 0.6 is 0 Å². The van der Waals surface area contributed by atoms with E-state index in [1.807, 2.05) is 0 Å². The second-order valence-corrected chi connectivity index (χ2v) is 6.50. The molecule has 0 bridgehead atoms. The number of nitrogens with one attached hydrogen (secondary N) is 1. The number of amides is 1. The highest BCUT2D eigenvalue weighted by atomic mass is 32.2. The number of piperazine rings is 1. The summed E-state index contributed by atoms with van der Waals surface area (Å²) in [5.74, 6) is -3.04. The van der Waals surface area contributed by atoms with Crippen molar-refractivity contribution in [3.8, 4) is 0 Å². The lowest BCUT2D eigenvalue weighted by Crippen LogP contribution is -2.59. The third-order valence-corrected chi connectivity index (χ3v) is 4.97. The fraction of sp³-hybridized carbons (Fsp3) is 0.333. The second-order valence-electron chi connectivity index (χ2n) is 4.64. The number of hydrogen-bond acceptors (Lipinski definition) is 4. The van der Waals surface area contributed by atoms with Crippen molar-refractivity contribution in [3.05, 3.63) is 29.6 Å². The number of carbonyl (C=O) groups is 2. The van der Waals surface area contributed by atoms with E-state index < -0.39 is 45.2 Å². The largest absolute Gasteiger partial charge is 0.480 e. The Balaban J connectivity index is 2.52. The van der Waals surface area contributed by atoms with E-state index in [2.05, 4.69) is 5.32 Å². The predicted octanol–water partition coefficient (Wildman–Crippen LogP) is -0.292. The van der Waals surface area contributed by atoms with Gasteiger partial charge in [-0.25, -0.2) is 12.8 Å². The van der Waals surface area contributed by atoms with E-state index in [9.17, 15) is 22.4 Å². The average molecular weight is 316 g/mol. The number of carbonyl (C=O) groups excluding carboxylic acids is 1.